The summed E-state index contributed by atoms with van der Waals surface area (Å²) in [5.41, 5.74) is 1.91. The normalized spacial score (nSPS) is 11.4. The second-order valence-electron chi connectivity index (χ2n) is 8.21. The lowest BCUT2D eigenvalue weighted by Crippen LogP contribution is -2.22. The number of rotatable bonds is 9. The summed E-state index contributed by atoms with van der Waals surface area (Å²) in [5, 5.41) is 5.49. The van der Waals surface area contributed by atoms with Gasteiger partial charge in [-0.15, -0.1) is 0 Å². The summed E-state index contributed by atoms with van der Waals surface area (Å²) < 4.78 is 15.8. The molecule has 0 unspecified atom stereocenters. The lowest BCUT2D eigenvalue weighted by molar-refractivity contribution is 0.283. The topological polar surface area (TPSA) is 65.7 Å². The SMILES string of the molecule is CCCCc1nc2ccc(Br)cc2c(=O)n1N=Cc1cc(Cl)cc(OC)c1OCc1ccc(Br)cc1Br. The molecule has 3 aromatic carbocycles. The molecule has 0 aliphatic rings. The Morgan fingerprint density at radius 3 is 2.57 bits per heavy atom. The number of hydrogen-bond acceptors (Lipinski definition) is 5. The van der Waals surface area contributed by atoms with Crippen LogP contribution < -0.4 is 15.0 Å². The highest BCUT2D eigenvalue weighted by Crippen LogP contribution is 2.35. The monoisotopic (exact) mass is 709 g/mol. The number of halogens is 4. The zero-order valence-corrected chi connectivity index (χ0v) is 25.6. The van der Waals surface area contributed by atoms with E-state index >= 15 is 0 Å². The Hall–Kier alpha value is -2.20. The molecule has 0 aliphatic heterocycles. The lowest BCUT2D eigenvalue weighted by atomic mass is 10.2. The van der Waals surface area contributed by atoms with Crippen molar-refractivity contribution in [3.05, 3.63) is 94.3 Å². The fraction of sp³-hybridized carbons (Fsp3) is 0.222. The van der Waals surface area contributed by atoms with Gasteiger partial charge in [0.1, 0.15) is 12.4 Å². The maximum absolute atomic E-state index is 13.4. The first-order valence-electron chi connectivity index (χ1n) is 11.5. The van der Waals surface area contributed by atoms with Crippen molar-refractivity contribution in [2.45, 2.75) is 32.8 Å². The molecule has 4 rings (SSSR count). The minimum atomic E-state index is -0.246. The lowest BCUT2D eigenvalue weighted by Gasteiger charge is -2.15. The van der Waals surface area contributed by atoms with Crippen molar-refractivity contribution in [2.75, 3.05) is 7.11 Å². The first-order chi connectivity index (χ1) is 17.8. The average molecular weight is 713 g/mol. The van der Waals surface area contributed by atoms with Gasteiger partial charge in [0.25, 0.3) is 5.56 Å². The molecule has 0 spiro atoms. The van der Waals surface area contributed by atoms with Crippen molar-refractivity contribution >= 4 is 76.5 Å². The van der Waals surface area contributed by atoms with Gasteiger partial charge in [-0.1, -0.05) is 78.8 Å². The number of benzene rings is 3. The van der Waals surface area contributed by atoms with Crippen LogP contribution in [-0.2, 0) is 13.0 Å². The molecule has 0 aliphatic carbocycles. The molecule has 4 aromatic rings. The second-order valence-corrected chi connectivity index (χ2v) is 11.3. The molecular formula is C27H23Br3ClN3O3. The third-order valence-corrected chi connectivity index (χ3v) is 7.54. The summed E-state index contributed by atoms with van der Waals surface area (Å²) in [5.74, 6) is 1.51. The summed E-state index contributed by atoms with van der Waals surface area (Å²) in [4.78, 5) is 18.2. The third-order valence-electron chi connectivity index (χ3n) is 5.60. The van der Waals surface area contributed by atoms with E-state index in [9.17, 15) is 4.79 Å². The molecule has 1 heterocycles. The van der Waals surface area contributed by atoms with E-state index < -0.39 is 0 Å². The van der Waals surface area contributed by atoms with Gasteiger partial charge in [0.05, 0.1) is 24.2 Å². The molecule has 0 amide bonds. The zero-order valence-electron chi connectivity index (χ0n) is 20.1. The Kier molecular flexibility index (Phi) is 9.45. The third kappa shape index (κ3) is 6.63. The van der Waals surface area contributed by atoms with E-state index in [2.05, 4.69) is 59.8 Å². The van der Waals surface area contributed by atoms with Gasteiger partial charge in [0, 0.05) is 42.1 Å². The van der Waals surface area contributed by atoms with Crippen molar-refractivity contribution in [1.82, 2.24) is 9.66 Å². The molecule has 37 heavy (non-hydrogen) atoms. The van der Waals surface area contributed by atoms with Crippen LogP contribution in [0.15, 0.2) is 71.8 Å². The molecule has 10 heteroatoms. The molecular weight excluding hydrogens is 689 g/mol. The van der Waals surface area contributed by atoms with E-state index in [1.165, 1.54) is 4.68 Å². The summed E-state index contributed by atoms with van der Waals surface area (Å²) >= 11 is 16.9. The van der Waals surface area contributed by atoms with Gasteiger partial charge in [-0.3, -0.25) is 4.79 Å². The predicted molar refractivity (Wildman–Crippen MR) is 159 cm³/mol. The maximum atomic E-state index is 13.4. The van der Waals surface area contributed by atoms with Gasteiger partial charge in [0.15, 0.2) is 11.5 Å². The largest absolute Gasteiger partial charge is 0.493 e. The Balaban J connectivity index is 1.77. The quantitative estimate of drug-likeness (QED) is 0.165. The van der Waals surface area contributed by atoms with Crippen molar-refractivity contribution in [3.8, 4) is 11.5 Å². The van der Waals surface area contributed by atoms with Crippen LogP contribution in [0.5, 0.6) is 11.5 Å². The van der Waals surface area contributed by atoms with Crippen molar-refractivity contribution in [2.24, 2.45) is 5.10 Å². The van der Waals surface area contributed by atoms with Crippen LogP contribution in [0.1, 0.15) is 36.7 Å². The molecule has 0 radical (unpaired) electrons. The minimum absolute atomic E-state index is 0.246. The van der Waals surface area contributed by atoms with Crippen LogP contribution in [0.2, 0.25) is 5.02 Å². The zero-order chi connectivity index (χ0) is 26.5. The first-order valence-corrected chi connectivity index (χ1v) is 14.3. The number of unbranched alkanes of at least 4 members (excludes halogenated alkanes) is 1. The number of aromatic nitrogens is 2. The van der Waals surface area contributed by atoms with Crippen LogP contribution in [0, 0.1) is 0 Å². The van der Waals surface area contributed by atoms with Crippen LogP contribution in [0.3, 0.4) is 0 Å². The number of aryl methyl sites for hydroxylation is 1. The van der Waals surface area contributed by atoms with E-state index in [-0.39, 0.29) is 12.2 Å². The molecule has 0 saturated heterocycles. The van der Waals surface area contributed by atoms with Crippen LogP contribution in [-0.4, -0.2) is 23.0 Å². The Morgan fingerprint density at radius 2 is 1.84 bits per heavy atom. The van der Waals surface area contributed by atoms with Crippen LogP contribution in [0.4, 0.5) is 0 Å². The highest BCUT2D eigenvalue weighted by atomic mass is 79.9. The van der Waals surface area contributed by atoms with E-state index in [4.69, 9.17) is 26.1 Å². The Bertz CT molecular complexity index is 1540. The fourth-order valence-electron chi connectivity index (χ4n) is 3.71. The second kappa shape index (κ2) is 12.6. The van der Waals surface area contributed by atoms with E-state index in [1.807, 2.05) is 30.3 Å². The molecule has 0 fully saturated rings. The van der Waals surface area contributed by atoms with Gasteiger partial charge >= 0.3 is 0 Å². The summed E-state index contributed by atoms with van der Waals surface area (Å²) in [6.45, 7) is 2.37. The van der Waals surface area contributed by atoms with E-state index in [0.717, 1.165) is 31.8 Å². The molecule has 192 valence electrons. The van der Waals surface area contributed by atoms with Gasteiger partial charge < -0.3 is 9.47 Å². The predicted octanol–water partition coefficient (Wildman–Crippen LogP) is 8.15. The summed E-state index contributed by atoms with van der Waals surface area (Å²) in [7, 11) is 1.55. The molecule has 0 bridgehead atoms. The van der Waals surface area contributed by atoms with E-state index in [1.54, 1.807) is 31.5 Å². The highest BCUT2D eigenvalue weighted by molar-refractivity contribution is 9.11. The maximum Gasteiger partial charge on any atom is 0.282 e. The molecule has 0 N–H and O–H groups in total. The Morgan fingerprint density at radius 1 is 1.08 bits per heavy atom. The average Bonchev–Trinajstić information content (AvgIpc) is 2.87. The van der Waals surface area contributed by atoms with E-state index in [0.29, 0.717) is 45.2 Å². The fourth-order valence-corrected chi connectivity index (χ4v) is 5.45. The molecule has 6 nitrogen and oxygen atoms in total. The van der Waals surface area contributed by atoms with Crippen LogP contribution in [0.25, 0.3) is 10.9 Å². The first kappa shape index (κ1) is 27.8. The summed E-state index contributed by atoms with van der Waals surface area (Å²) in [6, 6.07) is 14.7. The van der Waals surface area contributed by atoms with Gasteiger partial charge in [-0.2, -0.15) is 9.78 Å². The smallest absolute Gasteiger partial charge is 0.282 e. The Labute approximate surface area is 245 Å². The highest BCUT2D eigenvalue weighted by Gasteiger charge is 2.15. The molecule has 0 atom stereocenters. The van der Waals surface area contributed by atoms with Crippen LogP contribution >= 0.6 is 59.4 Å². The molecule has 0 saturated carbocycles. The summed E-state index contributed by atoms with van der Waals surface area (Å²) in [6.07, 6.45) is 4.02. The number of hydrogen-bond donors (Lipinski definition) is 0. The number of ether oxygens (including phenoxy) is 2. The van der Waals surface area contributed by atoms with Crippen molar-refractivity contribution in [3.63, 3.8) is 0 Å². The van der Waals surface area contributed by atoms with Crippen molar-refractivity contribution in [1.29, 1.82) is 0 Å². The number of methoxy groups -OCH3 is 1. The van der Waals surface area contributed by atoms with Gasteiger partial charge in [-0.25, -0.2) is 4.98 Å². The van der Waals surface area contributed by atoms with Gasteiger partial charge in [-0.05, 0) is 42.8 Å². The van der Waals surface area contributed by atoms with Gasteiger partial charge in [0.2, 0.25) is 0 Å². The number of fused-ring (bicyclic) bond motifs is 1. The number of nitrogens with zero attached hydrogens (tertiary/aromatic N) is 3. The minimum Gasteiger partial charge on any atom is -0.493 e. The van der Waals surface area contributed by atoms with Crippen molar-refractivity contribution < 1.29 is 9.47 Å². The molecule has 1 aromatic heterocycles. The standard InChI is InChI=1S/C27H23Br3ClN3O3/c1-3-4-5-25-33-23-9-8-18(28)11-21(23)27(35)34(25)32-14-17-10-20(31)13-24(36-2)26(17)37-15-16-6-7-19(29)12-22(16)30/h6-14H,3-5,15H2,1-2H3.